The largest absolute Gasteiger partial charge is 0.479 e. The summed E-state index contributed by atoms with van der Waals surface area (Å²) in [5, 5.41) is 11.9. The van der Waals surface area contributed by atoms with Crippen LogP contribution in [0.4, 0.5) is 14.5 Å². The number of halogens is 3. The van der Waals surface area contributed by atoms with E-state index < -0.39 is 23.1 Å². The molecule has 0 saturated carbocycles. The summed E-state index contributed by atoms with van der Waals surface area (Å²) >= 11 is 5.69. The van der Waals surface area contributed by atoms with Gasteiger partial charge in [0.25, 0.3) is 0 Å². The van der Waals surface area contributed by atoms with Gasteiger partial charge in [0.2, 0.25) is 0 Å². The topological polar surface area (TPSA) is 49.3 Å². The lowest BCUT2D eigenvalue weighted by atomic mass is 9.91. The highest BCUT2D eigenvalue weighted by Crippen LogP contribution is 2.30. The SMILES string of the molecule is CC(Nc1ccccc1F)(C(=O)O)c1ccc(F)c(Cl)c1. The van der Waals surface area contributed by atoms with Crippen molar-refractivity contribution in [3.05, 3.63) is 64.7 Å². The van der Waals surface area contributed by atoms with E-state index in [0.717, 1.165) is 6.07 Å². The minimum atomic E-state index is -1.65. The van der Waals surface area contributed by atoms with Gasteiger partial charge in [-0.3, -0.25) is 0 Å². The highest BCUT2D eigenvalue weighted by molar-refractivity contribution is 6.30. The number of carboxylic acids is 1. The van der Waals surface area contributed by atoms with E-state index in [1.165, 1.54) is 37.3 Å². The molecule has 2 N–H and O–H groups in total. The molecule has 0 saturated heterocycles. The zero-order valence-corrected chi connectivity index (χ0v) is 11.8. The Kier molecular flexibility index (Phi) is 4.14. The summed E-state index contributed by atoms with van der Waals surface area (Å²) in [6, 6.07) is 9.27. The van der Waals surface area contributed by atoms with Crippen LogP contribution < -0.4 is 5.32 Å². The summed E-state index contributed by atoms with van der Waals surface area (Å²) in [6.07, 6.45) is 0. The first-order chi connectivity index (χ1) is 9.84. The number of rotatable bonds is 4. The van der Waals surface area contributed by atoms with E-state index in [4.69, 9.17) is 11.6 Å². The van der Waals surface area contributed by atoms with E-state index in [1.54, 1.807) is 6.07 Å². The van der Waals surface area contributed by atoms with Crippen LogP contribution in [0.1, 0.15) is 12.5 Å². The van der Waals surface area contributed by atoms with Crippen LogP contribution in [0.25, 0.3) is 0 Å². The summed E-state index contributed by atoms with van der Waals surface area (Å²) in [5.41, 5.74) is -1.41. The van der Waals surface area contributed by atoms with Crippen LogP contribution in [0.3, 0.4) is 0 Å². The Morgan fingerprint density at radius 1 is 1.19 bits per heavy atom. The molecule has 2 aromatic carbocycles. The number of carbonyl (C=O) groups is 1. The quantitative estimate of drug-likeness (QED) is 0.896. The molecule has 6 heteroatoms. The van der Waals surface area contributed by atoms with Gasteiger partial charge in [0.05, 0.1) is 10.7 Å². The van der Waals surface area contributed by atoms with Crippen molar-refractivity contribution in [1.82, 2.24) is 0 Å². The maximum atomic E-state index is 13.7. The van der Waals surface area contributed by atoms with Crippen molar-refractivity contribution < 1.29 is 18.7 Å². The first kappa shape index (κ1) is 15.3. The fourth-order valence-electron chi connectivity index (χ4n) is 1.89. The third kappa shape index (κ3) is 2.97. The van der Waals surface area contributed by atoms with E-state index in [-0.39, 0.29) is 16.3 Å². The average Bonchev–Trinajstić information content (AvgIpc) is 2.44. The van der Waals surface area contributed by atoms with Gasteiger partial charge in [0.15, 0.2) is 5.54 Å². The second-order valence-corrected chi connectivity index (χ2v) is 5.07. The van der Waals surface area contributed by atoms with Crippen molar-refractivity contribution in [3.8, 4) is 0 Å². The molecule has 3 nitrogen and oxygen atoms in total. The van der Waals surface area contributed by atoms with Crippen LogP contribution in [0.5, 0.6) is 0 Å². The molecular formula is C15H12ClF2NO2. The van der Waals surface area contributed by atoms with Gasteiger partial charge in [-0.2, -0.15) is 0 Å². The highest BCUT2D eigenvalue weighted by Gasteiger charge is 2.36. The summed E-state index contributed by atoms with van der Waals surface area (Å²) < 4.78 is 26.9. The standard InChI is InChI=1S/C15H12ClF2NO2/c1-15(14(20)21,9-6-7-11(17)10(16)8-9)19-13-5-3-2-4-12(13)18/h2-8,19H,1H3,(H,20,21). The van der Waals surface area contributed by atoms with Gasteiger partial charge in [0, 0.05) is 0 Å². The zero-order valence-electron chi connectivity index (χ0n) is 11.0. The molecule has 0 aliphatic rings. The average molecular weight is 312 g/mol. The zero-order chi connectivity index (χ0) is 15.6. The first-order valence-electron chi connectivity index (χ1n) is 6.06. The van der Waals surface area contributed by atoms with Gasteiger partial charge in [0.1, 0.15) is 11.6 Å². The Morgan fingerprint density at radius 2 is 1.86 bits per heavy atom. The van der Waals surface area contributed by atoms with Crippen molar-refractivity contribution in [2.75, 3.05) is 5.32 Å². The maximum absolute atomic E-state index is 13.7. The van der Waals surface area contributed by atoms with Gasteiger partial charge in [-0.1, -0.05) is 29.8 Å². The van der Waals surface area contributed by atoms with Gasteiger partial charge >= 0.3 is 5.97 Å². The molecule has 2 aromatic rings. The third-order valence-electron chi connectivity index (χ3n) is 3.18. The summed E-state index contributed by atoms with van der Waals surface area (Å²) in [5.74, 6) is -2.48. The lowest BCUT2D eigenvalue weighted by molar-refractivity contribution is -0.142. The molecule has 2 rings (SSSR count). The van der Waals surface area contributed by atoms with Crippen molar-refractivity contribution in [2.45, 2.75) is 12.5 Å². The lowest BCUT2D eigenvalue weighted by Gasteiger charge is -2.28. The van der Waals surface area contributed by atoms with Gasteiger partial charge < -0.3 is 10.4 Å². The Morgan fingerprint density at radius 3 is 2.43 bits per heavy atom. The number of hydrogen-bond acceptors (Lipinski definition) is 2. The van der Waals surface area contributed by atoms with E-state index in [1.807, 2.05) is 0 Å². The number of anilines is 1. The lowest BCUT2D eigenvalue weighted by Crippen LogP contribution is -2.40. The van der Waals surface area contributed by atoms with Crippen LogP contribution >= 0.6 is 11.6 Å². The molecule has 0 fully saturated rings. The molecular weight excluding hydrogens is 300 g/mol. The Balaban J connectivity index is 2.48. The molecule has 0 aromatic heterocycles. The van der Waals surface area contributed by atoms with Crippen LogP contribution in [0.15, 0.2) is 42.5 Å². The predicted molar refractivity (Wildman–Crippen MR) is 76.4 cm³/mol. The fraction of sp³-hybridized carbons (Fsp3) is 0.133. The molecule has 0 heterocycles. The normalized spacial score (nSPS) is 13.5. The second kappa shape index (κ2) is 5.69. The Bertz CT molecular complexity index is 693. The Labute approximate surface area is 125 Å². The minimum absolute atomic E-state index is 0.0304. The molecule has 0 aliphatic heterocycles. The molecule has 21 heavy (non-hydrogen) atoms. The molecule has 0 amide bonds. The molecule has 110 valence electrons. The molecule has 0 radical (unpaired) electrons. The molecule has 1 unspecified atom stereocenters. The Hall–Kier alpha value is -2.14. The summed E-state index contributed by atoms with van der Waals surface area (Å²) in [7, 11) is 0. The maximum Gasteiger partial charge on any atom is 0.333 e. The van der Waals surface area contributed by atoms with Crippen molar-refractivity contribution >= 4 is 23.3 Å². The van der Waals surface area contributed by atoms with Crippen LogP contribution in [-0.4, -0.2) is 11.1 Å². The predicted octanol–water partition coefficient (Wildman–Crippen LogP) is 4.03. The number of benzene rings is 2. The van der Waals surface area contributed by atoms with Crippen molar-refractivity contribution in [1.29, 1.82) is 0 Å². The highest BCUT2D eigenvalue weighted by atomic mass is 35.5. The monoisotopic (exact) mass is 311 g/mol. The number of hydrogen-bond donors (Lipinski definition) is 2. The molecule has 0 aliphatic carbocycles. The molecule has 1 atom stereocenters. The first-order valence-corrected chi connectivity index (χ1v) is 6.44. The van der Waals surface area contributed by atoms with E-state index >= 15 is 0 Å². The summed E-state index contributed by atoms with van der Waals surface area (Å²) in [4.78, 5) is 11.6. The number of para-hydroxylation sites is 1. The van der Waals surface area contributed by atoms with E-state index in [2.05, 4.69) is 5.32 Å². The fourth-order valence-corrected chi connectivity index (χ4v) is 2.07. The number of aliphatic carboxylic acids is 1. The van der Waals surface area contributed by atoms with Gasteiger partial charge in [-0.05, 0) is 36.8 Å². The summed E-state index contributed by atoms with van der Waals surface area (Å²) in [6.45, 7) is 1.35. The van der Waals surface area contributed by atoms with E-state index in [9.17, 15) is 18.7 Å². The van der Waals surface area contributed by atoms with Crippen LogP contribution in [0.2, 0.25) is 5.02 Å². The van der Waals surface area contributed by atoms with Crippen LogP contribution in [-0.2, 0) is 10.3 Å². The number of nitrogens with one attached hydrogen (secondary N) is 1. The van der Waals surface area contributed by atoms with Crippen molar-refractivity contribution in [3.63, 3.8) is 0 Å². The van der Waals surface area contributed by atoms with Crippen LogP contribution in [0, 0.1) is 11.6 Å². The number of carboxylic acid groups (broad SMARTS) is 1. The molecule has 0 spiro atoms. The van der Waals surface area contributed by atoms with Gasteiger partial charge in [-0.15, -0.1) is 0 Å². The third-order valence-corrected chi connectivity index (χ3v) is 3.47. The molecule has 0 bridgehead atoms. The second-order valence-electron chi connectivity index (χ2n) is 4.66. The van der Waals surface area contributed by atoms with E-state index in [0.29, 0.717) is 0 Å². The van der Waals surface area contributed by atoms with Gasteiger partial charge in [-0.25, -0.2) is 13.6 Å². The minimum Gasteiger partial charge on any atom is -0.479 e. The smallest absolute Gasteiger partial charge is 0.333 e. The van der Waals surface area contributed by atoms with Crippen molar-refractivity contribution in [2.24, 2.45) is 0 Å².